The zero-order valence-corrected chi connectivity index (χ0v) is 12.2. The van der Waals surface area contributed by atoms with Crippen LogP contribution in [-0.2, 0) is 4.79 Å². The number of H-pyrrole nitrogens is 1. The maximum Gasteiger partial charge on any atom is 0.226 e. The first-order valence-electron chi connectivity index (χ1n) is 8.08. The second-order valence-electron chi connectivity index (χ2n) is 6.31. The summed E-state index contributed by atoms with van der Waals surface area (Å²) in [7, 11) is 0. The summed E-state index contributed by atoms with van der Waals surface area (Å²) < 4.78 is 0. The third kappa shape index (κ3) is 2.23. The van der Waals surface area contributed by atoms with E-state index in [2.05, 4.69) is 9.88 Å². The van der Waals surface area contributed by atoms with E-state index in [1.807, 2.05) is 24.3 Å². The van der Waals surface area contributed by atoms with Crippen LogP contribution in [0.1, 0.15) is 50.4 Å². The molecule has 1 atom stereocenters. The van der Waals surface area contributed by atoms with Gasteiger partial charge in [0.2, 0.25) is 5.91 Å². The molecule has 2 fully saturated rings. The fourth-order valence-corrected chi connectivity index (χ4v) is 3.50. The van der Waals surface area contributed by atoms with Gasteiger partial charge >= 0.3 is 0 Å². The first-order valence-corrected chi connectivity index (χ1v) is 8.08. The van der Waals surface area contributed by atoms with Crippen molar-refractivity contribution in [3.05, 3.63) is 30.1 Å². The van der Waals surface area contributed by atoms with Crippen molar-refractivity contribution in [2.75, 3.05) is 6.54 Å². The number of hydrogen-bond donors (Lipinski definition) is 1. The highest BCUT2D eigenvalue weighted by atomic mass is 16.2. The number of benzene rings is 1. The van der Waals surface area contributed by atoms with Crippen molar-refractivity contribution in [3.63, 3.8) is 0 Å². The van der Waals surface area contributed by atoms with Gasteiger partial charge in [-0.2, -0.15) is 0 Å². The van der Waals surface area contributed by atoms with Gasteiger partial charge in [0.05, 0.1) is 17.1 Å². The number of carbonyl (C=O) groups excluding carboxylic acids is 1. The summed E-state index contributed by atoms with van der Waals surface area (Å²) in [6.45, 7) is 0.886. The van der Waals surface area contributed by atoms with Gasteiger partial charge in [-0.3, -0.25) is 4.79 Å². The van der Waals surface area contributed by atoms with Gasteiger partial charge in [0.1, 0.15) is 5.82 Å². The number of para-hydroxylation sites is 2. The Morgan fingerprint density at radius 2 is 2.00 bits per heavy atom. The number of nitrogens with one attached hydrogen (secondary N) is 1. The molecule has 0 bridgehead atoms. The fraction of sp³-hybridized carbons (Fsp3) is 0.529. The van der Waals surface area contributed by atoms with Crippen LogP contribution in [0.3, 0.4) is 0 Å². The van der Waals surface area contributed by atoms with Crippen molar-refractivity contribution in [3.8, 4) is 0 Å². The van der Waals surface area contributed by atoms with Crippen LogP contribution in [-0.4, -0.2) is 27.3 Å². The summed E-state index contributed by atoms with van der Waals surface area (Å²) in [5, 5.41) is 0. The summed E-state index contributed by atoms with van der Waals surface area (Å²) in [5.41, 5.74) is 2.06. The van der Waals surface area contributed by atoms with Gasteiger partial charge in [-0.1, -0.05) is 18.6 Å². The number of nitrogens with zero attached hydrogens (tertiary/aromatic N) is 2. The summed E-state index contributed by atoms with van der Waals surface area (Å²) in [5.74, 6) is 1.59. The summed E-state index contributed by atoms with van der Waals surface area (Å²) in [6, 6.07) is 8.23. The lowest BCUT2D eigenvalue weighted by molar-refractivity contribution is -0.142. The number of hydrogen-bond acceptors (Lipinski definition) is 2. The monoisotopic (exact) mass is 283 g/mol. The van der Waals surface area contributed by atoms with E-state index < -0.39 is 0 Å². The third-order valence-electron chi connectivity index (χ3n) is 4.96. The van der Waals surface area contributed by atoms with Crippen LogP contribution in [0.4, 0.5) is 0 Å². The summed E-state index contributed by atoms with van der Waals surface area (Å²) in [6.07, 6.45) is 6.67. The van der Waals surface area contributed by atoms with Crippen molar-refractivity contribution < 1.29 is 4.79 Å². The Morgan fingerprint density at radius 1 is 1.14 bits per heavy atom. The van der Waals surface area contributed by atoms with Crippen molar-refractivity contribution >= 4 is 16.9 Å². The number of piperidine rings is 1. The lowest BCUT2D eigenvalue weighted by Crippen LogP contribution is -2.44. The molecule has 2 heterocycles. The maximum atomic E-state index is 12.7. The van der Waals surface area contributed by atoms with Crippen LogP contribution >= 0.6 is 0 Å². The second kappa shape index (κ2) is 5.17. The van der Waals surface area contributed by atoms with Crippen LogP contribution in [0, 0.1) is 5.92 Å². The molecule has 1 saturated carbocycles. The molecule has 1 saturated heterocycles. The molecule has 1 aromatic heterocycles. The minimum Gasteiger partial charge on any atom is -0.340 e. The van der Waals surface area contributed by atoms with Crippen LogP contribution in [0.5, 0.6) is 0 Å². The van der Waals surface area contributed by atoms with Crippen molar-refractivity contribution in [2.24, 2.45) is 5.92 Å². The maximum absolute atomic E-state index is 12.7. The molecule has 110 valence electrons. The van der Waals surface area contributed by atoms with Crippen molar-refractivity contribution in [1.29, 1.82) is 0 Å². The topological polar surface area (TPSA) is 49.0 Å². The second-order valence-corrected chi connectivity index (χ2v) is 6.31. The highest BCUT2D eigenvalue weighted by molar-refractivity contribution is 5.80. The van der Waals surface area contributed by atoms with E-state index in [1.54, 1.807) is 0 Å². The number of fused-ring (bicyclic) bond motifs is 1. The number of amides is 1. The minimum absolute atomic E-state index is 0.138. The average molecular weight is 283 g/mol. The molecule has 0 radical (unpaired) electrons. The molecular weight excluding hydrogens is 262 g/mol. The highest BCUT2D eigenvalue weighted by Gasteiger charge is 2.36. The molecule has 1 amide bonds. The zero-order valence-electron chi connectivity index (χ0n) is 12.2. The molecule has 1 aliphatic carbocycles. The molecule has 1 aliphatic heterocycles. The molecule has 4 nitrogen and oxygen atoms in total. The van der Waals surface area contributed by atoms with E-state index in [0.717, 1.165) is 49.1 Å². The number of aromatic nitrogens is 2. The lowest BCUT2D eigenvalue weighted by atomic mass is 9.83. The molecule has 1 aromatic carbocycles. The third-order valence-corrected chi connectivity index (χ3v) is 4.96. The van der Waals surface area contributed by atoms with E-state index in [1.165, 1.54) is 12.8 Å². The van der Waals surface area contributed by atoms with Gasteiger partial charge in [-0.15, -0.1) is 0 Å². The fourth-order valence-electron chi connectivity index (χ4n) is 3.50. The van der Waals surface area contributed by atoms with Gasteiger partial charge in [-0.25, -0.2) is 4.98 Å². The lowest BCUT2D eigenvalue weighted by Gasteiger charge is -2.39. The first kappa shape index (κ1) is 12.9. The highest BCUT2D eigenvalue weighted by Crippen LogP contribution is 2.35. The van der Waals surface area contributed by atoms with E-state index in [4.69, 9.17) is 4.98 Å². The van der Waals surface area contributed by atoms with Gasteiger partial charge in [0.15, 0.2) is 0 Å². The van der Waals surface area contributed by atoms with E-state index in [-0.39, 0.29) is 12.0 Å². The Morgan fingerprint density at radius 3 is 2.76 bits per heavy atom. The van der Waals surface area contributed by atoms with Gasteiger partial charge in [0.25, 0.3) is 0 Å². The Kier molecular flexibility index (Phi) is 3.17. The standard InChI is InChI=1S/C17H21N3O/c21-17(12-6-5-7-12)20-11-4-3-10-15(20)16-18-13-8-1-2-9-14(13)19-16/h1-2,8-9,12,15H,3-7,10-11H2,(H,18,19)/t15-/m1/s1. The number of likely N-dealkylation sites (tertiary alicyclic amines) is 1. The molecule has 1 N–H and O–H groups in total. The van der Waals surface area contributed by atoms with Crippen LogP contribution in [0.15, 0.2) is 24.3 Å². The van der Waals surface area contributed by atoms with E-state index in [0.29, 0.717) is 5.91 Å². The predicted molar refractivity (Wildman–Crippen MR) is 81.7 cm³/mol. The summed E-state index contributed by atoms with van der Waals surface area (Å²) in [4.78, 5) is 22.9. The van der Waals surface area contributed by atoms with Crippen LogP contribution in [0.2, 0.25) is 0 Å². The smallest absolute Gasteiger partial charge is 0.226 e. The molecule has 0 spiro atoms. The number of aromatic amines is 1. The molecule has 0 unspecified atom stereocenters. The number of carbonyl (C=O) groups is 1. The molecule has 21 heavy (non-hydrogen) atoms. The zero-order chi connectivity index (χ0) is 14.2. The molecular formula is C17H21N3O. The van der Waals surface area contributed by atoms with E-state index >= 15 is 0 Å². The minimum atomic E-state index is 0.138. The van der Waals surface area contributed by atoms with Gasteiger partial charge in [0, 0.05) is 12.5 Å². The van der Waals surface area contributed by atoms with Crippen molar-refractivity contribution in [1.82, 2.24) is 14.9 Å². The normalized spacial score (nSPS) is 23.2. The largest absolute Gasteiger partial charge is 0.340 e. The quantitative estimate of drug-likeness (QED) is 0.918. The van der Waals surface area contributed by atoms with Gasteiger partial charge < -0.3 is 9.88 Å². The average Bonchev–Trinajstić information content (AvgIpc) is 2.89. The molecule has 4 heteroatoms. The van der Waals surface area contributed by atoms with Crippen LogP contribution < -0.4 is 0 Å². The molecule has 2 aliphatic rings. The Hall–Kier alpha value is -1.84. The molecule has 2 aromatic rings. The Bertz CT molecular complexity index is 626. The Balaban J connectivity index is 1.64. The predicted octanol–water partition coefficient (Wildman–Crippen LogP) is 3.42. The van der Waals surface area contributed by atoms with Crippen LogP contribution in [0.25, 0.3) is 11.0 Å². The SMILES string of the molecule is O=C(C1CCC1)N1CCCC[C@@H]1c1nc2ccccc2[nH]1. The van der Waals surface area contributed by atoms with E-state index in [9.17, 15) is 4.79 Å². The number of rotatable bonds is 2. The summed E-state index contributed by atoms with van der Waals surface area (Å²) >= 11 is 0. The molecule has 4 rings (SSSR count). The first-order chi connectivity index (χ1) is 10.3. The van der Waals surface area contributed by atoms with Crippen molar-refractivity contribution in [2.45, 2.75) is 44.6 Å². The Labute approximate surface area is 124 Å². The number of imidazole rings is 1. The van der Waals surface area contributed by atoms with Gasteiger partial charge in [-0.05, 0) is 44.2 Å².